The summed E-state index contributed by atoms with van der Waals surface area (Å²) in [7, 11) is 0. The van der Waals surface area contributed by atoms with Crippen molar-refractivity contribution in [3.8, 4) is 0 Å². The van der Waals surface area contributed by atoms with E-state index in [1.165, 1.54) is 16.8 Å². The van der Waals surface area contributed by atoms with Crippen LogP contribution in [0.2, 0.25) is 0 Å². The number of benzene rings is 1. The van der Waals surface area contributed by atoms with Crippen LogP contribution in [0.15, 0.2) is 18.2 Å². The van der Waals surface area contributed by atoms with E-state index in [1.807, 2.05) is 13.8 Å². The van der Waals surface area contributed by atoms with E-state index in [9.17, 15) is 9.59 Å². The molecule has 138 valence electrons. The normalized spacial score (nSPS) is 16.4. The maximum atomic E-state index is 12.0. The summed E-state index contributed by atoms with van der Waals surface area (Å²) in [5, 5.41) is 5.15. The minimum absolute atomic E-state index is 0.0638. The highest BCUT2D eigenvalue weighted by molar-refractivity contribution is 5.95. The van der Waals surface area contributed by atoms with E-state index in [1.54, 1.807) is 0 Å². The number of carbonyl (C=O) groups is 2. The zero-order valence-corrected chi connectivity index (χ0v) is 15.8. The van der Waals surface area contributed by atoms with Crippen molar-refractivity contribution in [3.63, 3.8) is 0 Å². The van der Waals surface area contributed by atoms with Crippen LogP contribution < -0.4 is 15.5 Å². The zero-order chi connectivity index (χ0) is 18.4. The van der Waals surface area contributed by atoms with Crippen molar-refractivity contribution in [2.45, 2.75) is 40.2 Å². The van der Waals surface area contributed by atoms with Crippen LogP contribution in [0.1, 0.15) is 31.4 Å². The summed E-state index contributed by atoms with van der Waals surface area (Å²) in [6, 6.07) is 6.03. The van der Waals surface area contributed by atoms with Crippen molar-refractivity contribution in [2.75, 3.05) is 37.6 Å². The molecule has 0 unspecified atom stereocenters. The third-order valence-electron chi connectivity index (χ3n) is 4.90. The Morgan fingerprint density at radius 1 is 1.16 bits per heavy atom. The van der Waals surface area contributed by atoms with Gasteiger partial charge in [0, 0.05) is 37.9 Å². The van der Waals surface area contributed by atoms with Gasteiger partial charge in [-0.25, -0.2) is 4.79 Å². The second-order valence-corrected chi connectivity index (χ2v) is 6.81. The quantitative estimate of drug-likeness (QED) is 0.856. The highest BCUT2D eigenvalue weighted by Crippen LogP contribution is 2.23. The Hall–Kier alpha value is -2.08. The van der Waals surface area contributed by atoms with E-state index in [-0.39, 0.29) is 18.5 Å². The number of rotatable bonds is 5. The van der Waals surface area contributed by atoms with Gasteiger partial charge in [-0.3, -0.25) is 15.0 Å². The lowest BCUT2D eigenvalue weighted by Gasteiger charge is -2.36. The second kappa shape index (κ2) is 8.85. The fraction of sp³-hybridized carbons (Fsp3) is 0.579. The molecule has 0 bridgehead atoms. The number of urea groups is 1. The van der Waals surface area contributed by atoms with Gasteiger partial charge in [-0.15, -0.1) is 0 Å². The maximum Gasteiger partial charge on any atom is 0.321 e. The fourth-order valence-corrected chi connectivity index (χ4v) is 2.96. The number of amides is 3. The standard InChI is InChI=1S/C19H30N4O2/c1-5-15(3)20-19(25)21-18(24)13-22-9-11-23(12-10-22)17-8-6-7-14(2)16(17)4/h6-8,15H,5,9-13H2,1-4H3,(H2,20,21,24,25)/t15-/m1/s1. The second-order valence-electron chi connectivity index (χ2n) is 6.81. The molecule has 0 aliphatic carbocycles. The molecule has 1 aromatic rings. The maximum absolute atomic E-state index is 12.0. The SMILES string of the molecule is CC[C@@H](C)NC(=O)NC(=O)CN1CCN(c2cccc(C)c2C)CC1. The van der Waals surface area contributed by atoms with Crippen LogP contribution in [0.5, 0.6) is 0 Å². The Morgan fingerprint density at radius 3 is 2.48 bits per heavy atom. The number of nitrogens with zero attached hydrogens (tertiary/aromatic N) is 2. The lowest BCUT2D eigenvalue weighted by atomic mass is 10.1. The van der Waals surface area contributed by atoms with Gasteiger partial charge in [-0.05, 0) is 44.4 Å². The van der Waals surface area contributed by atoms with Gasteiger partial charge in [-0.2, -0.15) is 0 Å². The molecule has 1 saturated heterocycles. The van der Waals surface area contributed by atoms with E-state index in [0.29, 0.717) is 0 Å². The van der Waals surface area contributed by atoms with E-state index in [2.05, 4.69) is 52.5 Å². The minimum Gasteiger partial charge on any atom is -0.369 e. The van der Waals surface area contributed by atoms with Crippen molar-refractivity contribution in [1.29, 1.82) is 0 Å². The van der Waals surface area contributed by atoms with E-state index >= 15 is 0 Å². The Balaban J connectivity index is 1.79. The molecule has 25 heavy (non-hydrogen) atoms. The first-order valence-corrected chi connectivity index (χ1v) is 9.04. The number of hydrogen-bond acceptors (Lipinski definition) is 4. The summed E-state index contributed by atoms with van der Waals surface area (Å²) in [4.78, 5) is 28.2. The number of imide groups is 1. The number of piperazine rings is 1. The average Bonchev–Trinajstić information content (AvgIpc) is 2.57. The molecule has 6 nitrogen and oxygen atoms in total. The molecule has 1 aromatic carbocycles. The molecule has 0 aromatic heterocycles. The average molecular weight is 346 g/mol. The molecule has 6 heteroatoms. The highest BCUT2D eigenvalue weighted by Gasteiger charge is 2.21. The molecule has 0 radical (unpaired) electrons. The van der Waals surface area contributed by atoms with Crippen LogP contribution in [0.4, 0.5) is 10.5 Å². The smallest absolute Gasteiger partial charge is 0.321 e. The van der Waals surface area contributed by atoms with Crippen LogP contribution in [-0.4, -0.2) is 55.6 Å². The monoisotopic (exact) mass is 346 g/mol. The summed E-state index contributed by atoms with van der Waals surface area (Å²) < 4.78 is 0. The predicted octanol–water partition coefficient (Wildman–Crippen LogP) is 2.05. The molecule has 0 spiro atoms. The molecule has 3 amide bonds. The molecule has 1 heterocycles. The molecule has 1 atom stereocenters. The molecule has 1 fully saturated rings. The summed E-state index contributed by atoms with van der Waals surface area (Å²) in [6.45, 7) is 11.8. The van der Waals surface area contributed by atoms with Crippen molar-refractivity contribution in [1.82, 2.24) is 15.5 Å². The fourth-order valence-electron chi connectivity index (χ4n) is 2.96. The summed E-state index contributed by atoms with van der Waals surface area (Å²) in [5.74, 6) is -0.249. The van der Waals surface area contributed by atoms with Crippen molar-refractivity contribution < 1.29 is 9.59 Å². The van der Waals surface area contributed by atoms with Crippen molar-refractivity contribution in [3.05, 3.63) is 29.3 Å². The van der Waals surface area contributed by atoms with E-state index in [4.69, 9.17) is 0 Å². The summed E-state index contributed by atoms with van der Waals surface area (Å²) >= 11 is 0. The van der Waals surface area contributed by atoms with Gasteiger partial charge in [0.05, 0.1) is 6.54 Å². The first kappa shape index (κ1) is 19.2. The third kappa shape index (κ3) is 5.46. The zero-order valence-electron chi connectivity index (χ0n) is 15.8. The summed E-state index contributed by atoms with van der Waals surface area (Å²) in [5.41, 5.74) is 3.89. The highest BCUT2D eigenvalue weighted by atomic mass is 16.2. The molecule has 1 aliphatic rings. The lowest BCUT2D eigenvalue weighted by molar-refractivity contribution is -0.121. The lowest BCUT2D eigenvalue weighted by Crippen LogP contribution is -2.51. The van der Waals surface area contributed by atoms with Gasteiger partial charge in [0.25, 0.3) is 0 Å². The predicted molar refractivity (Wildman–Crippen MR) is 101 cm³/mol. The van der Waals surface area contributed by atoms with Crippen LogP contribution in [0.25, 0.3) is 0 Å². The molecule has 0 saturated carbocycles. The molecule has 2 N–H and O–H groups in total. The minimum atomic E-state index is -0.409. The summed E-state index contributed by atoms with van der Waals surface area (Å²) in [6.07, 6.45) is 0.835. The van der Waals surface area contributed by atoms with Crippen LogP contribution in [0.3, 0.4) is 0 Å². The Morgan fingerprint density at radius 2 is 1.84 bits per heavy atom. The number of nitrogens with one attached hydrogen (secondary N) is 2. The van der Waals surface area contributed by atoms with Gasteiger partial charge >= 0.3 is 6.03 Å². The first-order chi connectivity index (χ1) is 11.9. The van der Waals surface area contributed by atoms with E-state index in [0.717, 1.165) is 32.6 Å². The largest absolute Gasteiger partial charge is 0.369 e. The van der Waals surface area contributed by atoms with Gasteiger partial charge in [0.2, 0.25) is 5.91 Å². The Kier molecular flexibility index (Phi) is 6.82. The topological polar surface area (TPSA) is 64.7 Å². The van der Waals surface area contributed by atoms with Gasteiger partial charge < -0.3 is 10.2 Å². The molecular formula is C19H30N4O2. The number of anilines is 1. The van der Waals surface area contributed by atoms with Gasteiger partial charge in [-0.1, -0.05) is 19.1 Å². The van der Waals surface area contributed by atoms with Gasteiger partial charge in [0.1, 0.15) is 0 Å². The number of hydrogen-bond donors (Lipinski definition) is 2. The van der Waals surface area contributed by atoms with Crippen LogP contribution >= 0.6 is 0 Å². The Labute approximate surface area is 150 Å². The molecule has 1 aliphatic heterocycles. The number of carbonyl (C=O) groups excluding carboxylic acids is 2. The van der Waals surface area contributed by atoms with Crippen LogP contribution in [0, 0.1) is 13.8 Å². The molecular weight excluding hydrogens is 316 g/mol. The van der Waals surface area contributed by atoms with Crippen molar-refractivity contribution in [2.24, 2.45) is 0 Å². The van der Waals surface area contributed by atoms with E-state index < -0.39 is 6.03 Å². The Bertz CT molecular complexity index is 609. The van der Waals surface area contributed by atoms with Crippen molar-refractivity contribution >= 4 is 17.6 Å². The third-order valence-corrected chi connectivity index (χ3v) is 4.90. The molecule has 2 rings (SSSR count). The number of aryl methyl sites for hydroxylation is 1. The first-order valence-electron chi connectivity index (χ1n) is 9.04. The van der Waals surface area contributed by atoms with Crippen LogP contribution in [-0.2, 0) is 4.79 Å². The van der Waals surface area contributed by atoms with Gasteiger partial charge in [0.15, 0.2) is 0 Å².